The summed E-state index contributed by atoms with van der Waals surface area (Å²) in [7, 11) is 2.15. The molecule has 0 aliphatic carbocycles. The van der Waals surface area contributed by atoms with E-state index in [0.717, 1.165) is 68.5 Å². The number of piperidine rings is 1. The van der Waals surface area contributed by atoms with Crippen molar-refractivity contribution in [3.63, 3.8) is 0 Å². The van der Waals surface area contributed by atoms with Crippen molar-refractivity contribution in [1.29, 1.82) is 5.26 Å². The van der Waals surface area contributed by atoms with Gasteiger partial charge < -0.3 is 19.5 Å². The minimum Gasteiger partial charge on any atom is -0.487 e. The summed E-state index contributed by atoms with van der Waals surface area (Å²) >= 11 is 0. The Bertz CT molecular complexity index is 860. The van der Waals surface area contributed by atoms with E-state index in [1.165, 1.54) is 5.56 Å². The van der Waals surface area contributed by atoms with Gasteiger partial charge in [0.15, 0.2) is 11.4 Å². The molecular formula is C21H29N5O. The molecule has 1 saturated heterocycles. The number of nitrogens with one attached hydrogen (secondary N) is 1. The second-order valence-corrected chi connectivity index (χ2v) is 7.75. The van der Waals surface area contributed by atoms with Crippen LogP contribution in [0.3, 0.4) is 0 Å². The third-order valence-corrected chi connectivity index (χ3v) is 6.35. The Balaban J connectivity index is 1.72. The highest BCUT2D eigenvalue weighted by Gasteiger charge is 2.29. The molecule has 2 aromatic heterocycles. The molecule has 144 valence electrons. The SMILES string of the molecule is CCC1CCc2c([nH]c3cnc(C#N)c(OC4CCN(CC)CC4)c23)N1C. The smallest absolute Gasteiger partial charge is 0.183 e. The van der Waals surface area contributed by atoms with Crippen molar-refractivity contribution in [3.8, 4) is 11.8 Å². The molecule has 4 heterocycles. The first kappa shape index (κ1) is 18.1. The molecule has 1 fully saturated rings. The standard InChI is InChI=1S/C21H29N5O/c1-4-14-6-7-16-19-18(24-21(16)25(14)3)13-23-17(12-22)20(19)27-15-8-10-26(5-2)11-9-15/h13-15,24H,4-11H2,1-3H3. The lowest BCUT2D eigenvalue weighted by molar-refractivity contribution is 0.104. The number of nitriles is 1. The van der Waals surface area contributed by atoms with Gasteiger partial charge in [0.05, 0.1) is 17.1 Å². The number of aromatic nitrogens is 2. The van der Waals surface area contributed by atoms with E-state index in [9.17, 15) is 5.26 Å². The number of rotatable bonds is 4. The summed E-state index contributed by atoms with van der Waals surface area (Å²) in [6.07, 6.45) is 7.21. The Hall–Kier alpha value is -2.26. The minimum atomic E-state index is 0.155. The van der Waals surface area contributed by atoms with Crippen LogP contribution in [0.15, 0.2) is 6.20 Å². The molecule has 1 unspecified atom stereocenters. The van der Waals surface area contributed by atoms with Crippen molar-refractivity contribution < 1.29 is 4.74 Å². The molecule has 0 radical (unpaired) electrons. The number of nitrogens with zero attached hydrogens (tertiary/aromatic N) is 4. The maximum Gasteiger partial charge on any atom is 0.183 e. The van der Waals surface area contributed by atoms with Crippen LogP contribution < -0.4 is 9.64 Å². The summed E-state index contributed by atoms with van der Waals surface area (Å²) in [5.74, 6) is 1.84. The van der Waals surface area contributed by atoms with Gasteiger partial charge in [-0.1, -0.05) is 13.8 Å². The molecule has 0 aromatic carbocycles. The maximum absolute atomic E-state index is 9.64. The molecule has 1 atom stereocenters. The van der Waals surface area contributed by atoms with Gasteiger partial charge in [-0.05, 0) is 38.6 Å². The number of aromatic amines is 1. The second-order valence-electron chi connectivity index (χ2n) is 7.75. The van der Waals surface area contributed by atoms with Crippen LogP contribution in [0.5, 0.6) is 5.75 Å². The molecule has 1 N–H and O–H groups in total. The molecule has 2 aliphatic heterocycles. The number of fused-ring (bicyclic) bond motifs is 3. The molecule has 6 nitrogen and oxygen atoms in total. The summed E-state index contributed by atoms with van der Waals surface area (Å²) in [4.78, 5) is 12.7. The first-order chi connectivity index (χ1) is 13.2. The Morgan fingerprint density at radius 3 is 2.74 bits per heavy atom. The molecule has 6 heteroatoms. The van der Waals surface area contributed by atoms with Crippen LogP contribution in [0.25, 0.3) is 10.9 Å². The number of hydrogen-bond acceptors (Lipinski definition) is 5. The van der Waals surface area contributed by atoms with Gasteiger partial charge in [-0.2, -0.15) is 5.26 Å². The van der Waals surface area contributed by atoms with Gasteiger partial charge in [-0.3, -0.25) is 0 Å². The van der Waals surface area contributed by atoms with Crippen molar-refractivity contribution in [2.75, 3.05) is 31.6 Å². The lowest BCUT2D eigenvalue weighted by Gasteiger charge is -2.33. The number of H-pyrrole nitrogens is 1. The maximum atomic E-state index is 9.64. The fraction of sp³-hybridized carbons (Fsp3) is 0.619. The topological polar surface area (TPSA) is 68.2 Å². The molecular weight excluding hydrogens is 338 g/mol. The van der Waals surface area contributed by atoms with Crippen molar-refractivity contribution in [2.45, 2.75) is 58.1 Å². The lowest BCUT2D eigenvalue weighted by atomic mass is 9.96. The molecule has 4 rings (SSSR count). The van der Waals surface area contributed by atoms with Gasteiger partial charge in [-0.15, -0.1) is 0 Å². The van der Waals surface area contributed by atoms with Gasteiger partial charge >= 0.3 is 0 Å². The number of aryl methyl sites for hydroxylation is 1. The molecule has 0 spiro atoms. The average Bonchev–Trinajstić information content (AvgIpc) is 3.09. The largest absolute Gasteiger partial charge is 0.487 e. The average molecular weight is 367 g/mol. The lowest BCUT2D eigenvalue weighted by Crippen LogP contribution is -2.38. The van der Waals surface area contributed by atoms with Crippen molar-refractivity contribution >= 4 is 16.7 Å². The van der Waals surface area contributed by atoms with E-state index in [4.69, 9.17) is 4.74 Å². The van der Waals surface area contributed by atoms with E-state index < -0.39 is 0 Å². The zero-order valence-electron chi connectivity index (χ0n) is 16.6. The zero-order chi connectivity index (χ0) is 19.0. The highest BCUT2D eigenvalue weighted by atomic mass is 16.5. The summed E-state index contributed by atoms with van der Waals surface area (Å²) in [6.45, 7) is 7.63. The highest BCUT2D eigenvalue weighted by molar-refractivity contribution is 5.95. The Morgan fingerprint density at radius 2 is 2.07 bits per heavy atom. The van der Waals surface area contributed by atoms with E-state index in [1.54, 1.807) is 6.20 Å². The predicted octanol–water partition coefficient (Wildman–Crippen LogP) is 3.46. The normalized spacial score (nSPS) is 21.3. The van der Waals surface area contributed by atoms with Crippen LogP contribution in [0, 0.1) is 11.3 Å². The summed E-state index contributed by atoms with van der Waals surface area (Å²) in [5, 5.41) is 10.7. The van der Waals surface area contributed by atoms with E-state index in [1.807, 2.05) is 0 Å². The van der Waals surface area contributed by atoms with Crippen LogP contribution in [0.1, 0.15) is 50.8 Å². The third-order valence-electron chi connectivity index (χ3n) is 6.35. The van der Waals surface area contributed by atoms with E-state index >= 15 is 0 Å². The fourth-order valence-electron chi connectivity index (χ4n) is 4.62. The monoisotopic (exact) mass is 367 g/mol. The summed E-state index contributed by atoms with van der Waals surface area (Å²) in [5.41, 5.74) is 2.66. The first-order valence-corrected chi connectivity index (χ1v) is 10.2. The minimum absolute atomic E-state index is 0.155. The first-order valence-electron chi connectivity index (χ1n) is 10.2. The molecule has 2 aliphatic rings. The molecule has 2 aromatic rings. The Morgan fingerprint density at radius 1 is 1.30 bits per heavy atom. The van der Waals surface area contributed by atoms with Crippen molar-refractivity contribution in [1.82, 2.24) is 14.9 Å². The molecule has 27 heavy (non-hydrogen) atoms. The van der Waals surface area contributed by atoms with Crippen LogP contribution in [0.4, 0.5) is 5.82 Å². The second kappa shape index (κ2) is 7.40. The van der Waals surface area contributed by atoms with Gasteiger partial charge in [0.25, 0.3) is 0 Å². The van der Waals surface area contributed by atoms with Gasteiger partial charge in [0.1, 0.15) is 18.0 Å². The Kier molecular flexibility index (Phi) is 4.96. The van der Waals surface area contributed by atoms with E-state index in [2.05, 4.69) is 46.7 Å². The Labute approximate surface area is 161 Å². The third kappa shape index (κ3) is 3.14. The molecule has 0 amide bonds. The highest BCUT2D eigenvalue weighted by Crippen LogP contribution is 2.41. The quantitative estimate of drug-likeness (QED) is 0.896. The van der Waals surface area contributed by atoms with E-state index in [-0.39, 0.29) is 6.10 Å². The summed E-state index contributed by atoms with van der Waals surface area (Å²) < 4.78 is 6.45. The number of hydrogen-bond donors (Lipinski definition) is 1. The van der Waals surface area contributed by atoms with Crippen LogP contribution in [-0.2, 0) is 6.42 Å². The zero-order valence-corrected chi connectivity index (χ0v) is 16.6. The van der Waals surface area contributed by atoms with Crippen LogP contribution in [-0.4, -0.2) is 53.7 Å². The van der Waals surface area contributed by atoms with Gasteiger partial charge in [-0.25, -0.2) is 4.98 Å². The number of anilines is 1. The van der Waals surface area contributed by atoms with Gasteiger partial charge in [0, 0.05) is 31.7 Å². The number of pyridine rings is 1. The summed E-state index contributed by atoms with van der Waals surface area (Å²) in [6, 6.07) is 2.80. The number of likely N-dealkylation sites (tertiary alicyclic amines) is 1. The fourth-order valence-corrected chi connectivity index (χ4v) is 4.62. The predicted molar refractivity (Wildman–Crippen MR) is 107 cm³/mol. The molecule has 0 saturated carbocycles. The van der Waals surface area contributed by atoms with Crippen molar-refractivity contribution in [2.24, 2.45) is 0 Å². The van der Waals surface area contributed by atoms with Crippen LogP contribution in [0.2, 0.25) is 0 Å². The number of ether oxygens (including phenoxy) is 1. The van der Waals surface area contributed by atoms with Crippen molar-refractivity contribution in [3.05, 3.63) is 17.5 Å². The molecule has 0 bridgehead atoms. The van der Waals surface area contributed by atoms with Gasteiger partial charge in [0.2, 0.25) is 0 Å². The van der Waals surface area contributed by atoms with E-state index in [0.29, 0.717) is 17.5 Å². The van der Waals surface area contributed by atoms with Crippen LogP contribution >= 0.6 is 0 Å².